The van der Waals surface area contributed by atoms with Gasteiger partial charge in [0.2, 0.25) is 0 Å². The van der Waals surface area contributed by atoms with Crippen molar-refractivity contribution in [1.82, 2.24) is 0 Å². The van der Waals surface area contributed by atoms with E-state index >= 15 is 0 Å². The van der Waals surface area contributed by atoms with Crippen molar-refractivity contribution in [1.29, 1.82) is 0 Å². The average Bonchev–Trinajstić information content (AvgIpc) is 2.15. The third-order valence-corrected chi connectivity index (χ3v) is 2.13. The first-order valence-corrected chi connectivity index (χ1v) is 6.09. The molecule has 0 radical (unpaired) electrons. The lowest BCUT2D eigenvalue weighted by Crippen LogP contribution is -2.23. The summed E-state index contributed by atoms with van der Waals surface area (Å²) in [5.74, 6) is -0.422. The van der Waals surface area contributed by atoms with Gasteiger partial charge in [0.15, 0.2) is 0 Å². The maximum Gasteiger partial charge on any atom is 0.338 e. The van der Waals surface area contributed by atoms with Crippen LogP contribution in [0.4, 0.5) is 5.69 Å². The van der Waals surface area contributed by atoms with Crippen molar-refractivity contribution in [2.75, 3.05) is 4.72 Å². The molecule has 6 heteroatoms. The normalized spacial score (nSPS) is 12.9. The molecule has 17 heavy (non-hydrogen) atoms. The first-order valence-electron chi connectivity index (χ1n) is 4.99. The summed E-state index contributed by atoms with van der Waals surface area (Å²) in [6.07, 6.45) is 0. The monoisotopic (exact) mass is 257 g/mol. The fourth-order valence-corrected chi connectivity index (χ4v) is 1.45. The van der Waals surface area contributed by atoms with Gasteiger partial charge in [0.05, 0.1) is 5.56 Å². The predicted octanol–water partition coefficient (Wildman–Crippen LogP) is 2.19. The summed E-state index contributed by atoms with van der Waals surface area (Å²) in [5.41, 5.74) is 0.313. The minimum atomic E-state index is -2.12. The van der Waals surface area contributed by atoms with Crippen LogP contribution in [0.15, 0.2) is 24.3 Å². The van der Waals surface area contributed by atoms with Gasteiger partial charge in [-0.15, -0.1) is 0 Å². The van der Waals surface area contributed by atoms with Crippen LogP contribution in [-0.4, -0.2) is 20.3 Å². The molecule has 0 saturated carbocycles. The number of carbonyl (C=O) groups is 1. The van der Waals surface area contributed by atoms with Crippen molar-refractivity contribution in [3.63, 3.8) is 0 Å². The Hall–Kier alpha value is -1.40. The Morgan fingerprint density at radius 1 is 1.29 bits per heavy atom. The lowest BCUT2D eigenvalue weighted by atomic mass is 10.1. The number of anilines is 1. The quantitative estimate of drug-likeness (QED) is 0.643. The van der Waals surface area contributed by atoms with Crippen molar-refractivity contribution >= 4 is 22.9 Å². The van der Waals surface area contributed by atoms with E-state index < -0.39 is 22.8 Å². The lowest BCUT2D eigenvalue weighted by molar-refractivity contribution is 0.00696. The van der Waals surface area contributed by atoms with E-state index in [1.807, 2.05) is 0 Å². The highest BCUT2D eigenvalue weighted by atomic mass is 32.2. The zero-order chi connectivity index (χ0) is 13.1. The fraction of sp³-hybridized carbons (Fsp3) is 0.364. The van der Waals surface area contributed by atoms with Crippen molar-refractivity contribution < 1.29 is 18.3 Å². The van der Waals surface area contributed by atoms with Crippen LogP contribution >= 0.6 is 0 Å². The maximum absolute atomic E-state index is 11.6. The second kappa shape index (κ2) is 5.29. The Kier molecular flexibility index (Phi) is 4.25. The van der Waals surface area contributed by atoms with Gasteiger partial charge >= 0.3 is 5.97 Å². The molecular weight excluding hydrogens is 242 g/mol. The van der Waals surface area contributed by atoms with Gasteiger partial charge in [-0.25, -0.2) is 9.00 Å². The average molecular weight is 257 g/mol. The highest BCUT2D eigenvalue weighted by Crippen LogP contribution is 2.14. The van der Waals surface area contributed by atoms with Crippen LogP contribution in [0.3, 0.4) is 0 Å². The van der Waals surface area contributed by atoms with Crippen LogP contribution < -0.4 is 4.72 Å². The molecule has 0 spiro atoms. The molecule has 0 bridgehead atoms. The van der Waals surface area contributed by atoms with Gasteiger partial charge in [0.1, 0.15) is 5.60 Å². The topological polar surface area (TPSA) is 75.6 Å². The van der Waals surface area contributed by atoms with Crippen LogP contribution in [-0.2, 0) is 16.0 Å². The van der Waals surface area contributed by atoms with E-state index in [0.29, 0.717) is 11.3 Å². The Bertz CT molecular complexity index is 422. The third kappa shape index (κ3) is 4.97. The van der Waals surface area contributed by atoms with Crippen molar-refractivity contribution in [3.05, 3.63) is 29.8 Å². The molecule has 0 saturated heterocycles. The molecule has 5 nitrogen and oxygen atoms in total. The summed E-state index contributed by atoms with van der Waals surface area (Å²) in [6, 6.07) is 6.13. The van der Waals surface area contributed by atoms with Gasteiger partial charge in [-0.3, -0.25) is 9.27 Å². The number of carbonyl (C=O) groups excluding carboxylic acids is 1. The van der Waals surface area contributed by atoms with Gasteiger partial charge in [-0.1, -0.05) is 0 Å². The zero-order valence-corrected chi connectivity index (χ0v) is 10.7. The van der Waals surface area contributed by atoms with Crippen molar-refractivity contribution in [3.8, 4) is 0 Å². The number of esters is 1. The fourth-order valence-electron chi connectivity index (χ4n) is 1.11. The molecule has 0 heterocycles. The Morgan fingerprint density at radius 2 is 1.82 bits per heavy atom. The van der Waals surface area contributed by atoms with Gasteiger partial charge in [0, 0.05) is 5.69 Å². The number of benzene rings is 1. The number of rotatable bonds is 3. The largest absolute Gasteiger partial charge is 0.456 e. The van der Waals surface area contributed by atoms with Crippen LogP contribution in [0.5, 0.6) is 0 Å². The first-order chi connectivity index (χ1) is 7.78. The minimum Gasteiger partial charge on any atom is -0.456 e. The summed E-state index contributed by atoms with van der Waals surface area (Å²) in [4.78, 5) is 11.6. The van der Waals surface area contributed by atoms with Gasteiger partial charge in [-0.2, -0.15) is 0 Å². The third-order valence-electron chi connectivity index (χ3n) is 1.72. The molecule has 0 aliphatic rings. The molecule has 1 unspecified atom stereocenters. The van der Waals surface area contributed by atoms with E-state index in [2.05, 4.69) is 4.72 Å². The van der Waals surface area contributed by atoms with Crippen molar-refractivity contribution in [2.45, 2.75) is 26.4 Å². The molecular formula is C11H15NO4S. The smallest absolute Gasteiger partial charge is 0.338 e. The molecule has 94 valence electrons. The van der Waals surface area contributed by atoms with Crippen LogP contribution in [0.2, 0.25) is 0 Å². The van der Waals surface area contributed by atoms with E-state index in [0.717, 1.165) is 0 Å². The second-order valence-corrected chi connectivity index (χ2v) is 5.13. The highest BCUT2D eigenvalue weighted by molar-refractivity contribution is 7.80. The van der Waals surface area contributed by atoms with Crippen LogP contribution in [0.1, 0.15) is 31.1 Å². The Balaban J connectivity index is 2.74. The molecule has 1 atom stereocenters. The van der Waals surface area contributed by atoms with Gasteiger partial charge in [-0.05, 0) is 45.0 Å². The standard InChI is InChI=1S/C11H15NO4S/c1-11(2,3)16-10(13)8-4-6-9(7-5-8)12-17(14)15/h4-7,12H,1-3H3,(H,14,15). The number of nitrogens with one attached hydrogen (secondary N) is 1. The second-order valence-electron chi connectivity index (χ2n) is 4.43. The van der Waals surface area contributed by atoms with E-state index in [-0.39, 0.29) is 0 Å². The minimum absolute atomic E-state index is 0.397. The molecule has 2 N–H and O–H groups in total. The van der Waals surface area contributed by atoms with E-state index in [1.165, 1.54) is 24.3 Å². The van der Waals surface area contributed by atoms with Crippen LogP contribution in [0.25, 0.3) is 0 Å². The first kappa shape index (κ1) is 13.7. The van der Waals surface area contributed by atoms with E-state index in [9.17, 15) is 9.00 Å². The summed E-state index contributed by atoms with van der Waals surface area (Å²) in [7, 11) is 0. The highest BCUT2D eigenvalue weighted by Gasteiger charge is 2.17. The molecule has 1 aromatic rings. The van der Waals surface area contributed by atoms with Gasteiger partial charge in [0.25, 0.3) is 11.3 Å². The Labute approximate surface area is 103 Å². The molecule has 0 fully saturated rings. The molecule has 0 amide bonds. The summed E-state index contributed by atoms with van der Waals surface area (Å²) in [5, 5.41) is 0. The van der Waals surface area contributed by atoms with E-state index in [1.54, 1.807) is 20.8 Å². The summed E-state index contributed by atoms with van der Waals surface area (Å²) < 4.78 is 26.6. The zero-order valence-electron chi connectivity index (χ0n) is 9.89. The molecule has 0 aliphatic heterocycles. The molecule has 0 aliphatic carbocycles. The van der Waals surface area contributed by atoms with Crippen molar-refractivity contribution in [2.24, 2.45) is 0 Å². The number of ether oxygens (including phenoxy) is 1. The van der Waals surface area contributed by atoms with Gasteiger partial charge < -0.3 is 4.74 Å². The molecule has 1 aromatic carbocycles. The number of hydrogen-bond donors (Lipinski definition) is 2. The summed E-state index contributed by atoms with van der Waals surface area (Å²) >= 11 is -2.12. The molecule has 1 rings (SSSR count). The molecule has 0 aromatic heterocycles. The van der Waals surface area contributed by atoms with Crippen LogP contribution in [0, 0.1) is 0 Å². The number of hydrogen-bond acceptors (Lipinski definition) is 3. The van der Waals surface area contributed by atoms with E-state index in [4.69, 9.17) is 9.29 Å². The Morgan fingerprint density at radius 3 is 2.24 bits per heavy atom. The maximum atomic E-state index is 11.6. The predicted molar refractivity (Wildman–Crippen MR) is 66.0 cm³/mol. The SMILES string of the molecule is CC(C)(C)OC(=O)c1ccc(NS(=O)O)cc1. The lowest BCUT2D eigenvalue weighted by Gasteiger charge is -2.19. The summed E-state index contributed by atoms with van der Waals surface area (Å²) in [6.45, 7) is 5.36.